The van der Waals surface area contributed by atoms with Crippen LogP contribution in [0.4, 0.5) is 0 Å². The van der Waals surface area contributed by atoms with Crippen LogP contribution in [0.2, 0.25) is 0 Å². The third-order valence-corrected chi connectivity index (χ3v) is 1.63. The zero-order valence-electron chi connectivity index (χ0n) is 5.63. The van der Waals surface area contributed by atoms with E-state index in [1.807, 2.05) is 13.0 Å². The highest BCUT2D eigenvalue weighted by atomic mass is 32.1. The highest BCUT2D eigenvalue weighted by molar-refractivity contribution is 7.80. The normalized spacial score (nSPS) is 12.6. The van der Waals surface area contributed by atoms with Gasteiger partial charge in [-0.25, -0.2) is 0 Å². The van der Waals surface area contributed by atoms with Crippen molar-refractivity contribution in [3.05, 3.63) is 12.7 Å². The van der Waals surface area contributed by atoms with Gasteiger partial charge in [0.1, 0.15) is 0 Å². The molecule has 9 heavy (non-hydrogen) atoms. The topological polar surface area (TPSA) is 20.2 Å². The molecule has 0 aliphatic rings. The number of thiocarbonyl (C=S) groups is 1. The van der Waals surface area contributed by atoms with Crippen LogP contribution in [-0.2, 0) is 0 Å². The molecule has 1 nitrogen and oxygen atoms in total. The average molecular weight is 144 g/mol. The average Bonchev–Trinajstić information content (AvgIpc) is 1.82. The molecule has 52 valence electrons. The summed E-state index contributed by atoms with van der Waals surface area (Å²) in [7, 11) is 0. The van der Waals surface area contributed by atoms with Crippen LogP contribution in [0.15, 0.2) is 12.7 Å². The highest BCUT2D eigenvalue weighted by Crippen LogP contribution is 2.06. The second kappa shape index (κ2) is 4.50. The molecule has 0 aliphatic carbocycles. The van der Waals surface area contributed by atoms with Crippen LogP contribution in [0.5, 0.6) is 0 Å². The Kier molecular flexibility index (Phi) is 4.32. The molecule has 0 aromatic carbocycles. The summed E-state index contributed by atoms with van der Waals surface area (Å²) in [4.78, 5) is 0. The van der Waals surface area contributed by atoms with Gasteiger partial charge < -0.3 is 5.11 Å². The van der Waals surface area contributed by atoms with Crippen molar-refractivity contribution in [3.63, 3.8) is 0 Å². The van der Waals surface area contributed by atoms with Gasteiger partial charge in [0.15, 0.2) is 5.05 Å². The van der Waals surface area contributed by atoms with Crippen LogP contribution >= 0.6 is 12.2 Å². The molecule has 0 aromatic heterocycles. The maximum atomic E-state index is 8.74. The Hall–Kier alpha value is -0.370. The van der Waals surface area contributed by atoms with Crippen molar-refractivity contribution in [3.8, 4) is 0 Å². The first-order valence-electron chi connectivity index (χ1n) is 3.02. The van der Waals surface area contributed by atoms with E-state index in [-0.39, 0.29) is 11.0 Å². The fourth-order valence-electron chi connectivity index (χ4n) is 0.491. The molecule has 1 N–H and O–H groups in total. The molecule has 0 aromatic rings. The van der Waals surface area contributed by atoms with E-state index in [1.165, 1.54) is 0 Å². The third kappa shape index (κ3) is 4.15. The van der Waals surface area contributed by atoms with E-state index in [1.54, 1.807) is 0 Å². The Bertz CT molecular complexity index is 109. The minimum Gasteiger partial charge on any atom is -0.502 e. The first-order valence-corrected chi connectivity index (χ1v) is 3.43. The Balaban J connectivity index is 3.37. The van der Waals surface area contributed by atoms with E-state index in [4.69, 9.17) is 5.11 Å². The van der Waals surface area contributed by atoms with Crippen LogP contribution in [0, 0.1) is 5.92 Å². The number of rotatable bonds is 4. The first kappa shape index (κ1) is 8.63. The number of hydrogen-bond acceptors (Lipinski definition) is 1. The Labute approximate surface area is 61.4 Å². The number of aliphatic hydroxyl groups is 1. The van der Waals surface area contributed by atoms with Crippen molar-refractivity contribution in [1.29, 1.82) is 0 Å². The van der Waals surface area contributed by atoms with Crippen LogP contribution in [0.25, 0.3) is 0 Å². The van der Waals surface area contributed by atoms with Crippen LogP contribution in [0.3, 0.4) is 0 Å². The van der Waals surface area contributed by atoms with Gasteiger partial charge in [-0.2, -0.15) is 0 Å². The van der Waals surface area contributed by atoms with Crippen molar-refractivity contribution >= 4 is 17.3 Å². The summed E-state index contributed by atoms with van der Waals surface area (Å²) < 4.78 is 0. The molecule has 0 rings (SSSR count). The lowest BCUT2D eigenvalue weighted by Gasteiger charge is -2.03. The van der Waals surface area contributed by atoms with Gasteiger partial charge in [0, 0.05) is 5.92 Å². The molecule has 0 heterocycles. The van der Waals surface area contributed by atoms with E-state index >= 15 is 0 Å². The standard InChI is InChI=1S/C7H12OS/c1-3-4-5-6(2)7(8)9/h3,6H,1,4-5H2,2H3,(H,8,9). The molecule has 0 saturated heterocycles. The second-order valence-electron chi connectivity index (χ2n) is 2.11. The lowest BCUT2D eigenvalue weighted by Crippen LogP contribution is -2.05. The van der Waals surface area contributed by atoms with Crippen molar-refractivity contribution < 1.29 is 5.11 Å². The molecule has 1 unspecified atom stereocenters. The van der Waals surface area contributed by atoms with Gasteiger partial charge in [-0.1, -0.05) is 13.0 Å². The van der Waals surface area contributed by atoms with E-state index < -0.39 is 0 Å². The zero-order chi connectivity index (χ0) is 7.28. The van der Waals surface area contributed by atoms with E-state index in [0.717, 1.165) is 12.8 Å². The minimum absolute atomic E-state index is 0.108. The molecule has 1 atom stereocenters. The Morgan fingerprint density at radius 3 is 2.78 bits per heavy atom. The van der Waals surface area contributed by atoms with Crippen LogP contribution < -0.4 is 0 Å². The summed E-state index contributed by atoms with van der Waals surface area (Å²) in [6.45, 7) is 5.48. The van der Waals surface area contributed by atoms with Gasteiger partial charge in [-0.05, 0) is 25.1 Å². The molecule has 0 saturated carbocycles. The van der Waals surface area contributed by atoms with Crippen molar-refractivity contribution in [2.45, 2.75) is 19.8 Å². The monoisotopic (exact) mass is 144 g/mol. The molecular weight excluding hydrogens is 132 g/mol. The van der Waals surface area contributed by atoms with Gasteiger partial charge in [-0.15, -0.1) is 6.58 Å². The molecule has 2 heteroatoms. The molecule has 0 radical (unpaired) electrons. The number of hydrogen-bond donors (Lipinski definition) is 1. The fraction of sp³-hybridized carbons (Fsp3) is 0.571. The quantitative estimate of drug-likeness (QED) is 0.483. The minimum atomic E-state index is 0.108. The highest BCUT2D eigenvalue weighted by Gasteiger charge is 2.03. The number of aliphatic hydroxyl groups excluding tert-OH is 1. The van der Waals surface area contributed by atoms with Crippen molar-refractivity contribution in [1.82, 2.24) is 0 Å². The summed E-state index contributed by atoms with van der Waals surface area (Å²) in [5.74, 6) is 0.137. The molecule has 0 fully saturated rings. The summed E-state index contributed by atoms with van der Waals surface area (Å²) in [5, 5.41) is 8.85. The van der Waals surface area contributed by atoms with E-state index in [0.29, 0.717) is 0 Å². The first-order chi connectivity index (χ1) is 4.18. The van der Waals surface area contributed by atoms with Gasteiger partial charge in [-0.3, -0.25) is 0 Å². The SMILES string of the molecule is C=CCCC(C)C(O)=S. The predicted octanol–water partition coefficient (Wildman–Crippen LogP) is 2.47. The van der Waals surface area contributed by atoms with E-state index in [9.17, 15) is 0 Å². The second-order valence-corrected chi connectivity index (χ2v) is 2.52. The molecule has 0 aliphatic heterocycles. The summed E-state index contributed by atoms with van der Waals surface area (Å²) in [6.07, 6.45) is 3.65. The molecule has 0 spiro atoms. The zero-order valence-corrected chi connectivity index (χ0v) is 6.45. The molecule has 0 bridgehead atoms. The number of allylic oxidation sites excluding steroid dienone is 1. The maximum Gasteiger partial charge on any atom is 0.159 e. The van der Waals surface area contributed by atoms with Gasteiger partial charge in [0.05, 0.1) is 0 Å². The summed E-state index contributed by atoms with van der Waals surface area (Å²) in [6, 6.07) is 0. The van der Waals surface area contributed by atoms with Crippen molar-refractivity contribution in [2.75, 3.05) is 0 Å². The summed E-state index contributed by atoms with van der Waals surface area (Å²) >= 11 is 4.55. The van der Waals surface area contributed by atoms with Gasteiger partial charge in [0.2, 0.25) is 0 Å². The van der Waals surface area contributed by atoms with Crippen LogP contribution in [-0.4, -0.2) is 10.2 Å². The smallest absolute Gasteiger partial charge is 0.159 e. The predicted molar refractivity (Wildman–Crippen MR) is 43.8 cm³/mol. The largest absolute Gasteiger partial charge is 0.502 e. The molecule has 0 amide bonds. The van der Waals surface area contributed by atoms with E-state index in [2.05, 4.69) is 18.8 Å². The Morgan fingerprint density at radius 2 is 2.44 bits per heavy atom. The third-order valence-electron chi connectivity index (χ3n) is 1.23. The summed E-state index contributed by atoms with van der Waals surface area (Å²) in [5.41, 5.74) is 0. The van der Waals surface area contributed by atoms with Crippen molar-refractivity contribution in [2.24, 2.45) is 5.92 Å². The van der Waals surface area contributed by atoms with Crippen LogP contribution in [0.1, 0.15) is 19.8 Å². The molecular formula is C7H12OS. The van der Waals surface area contributed by atoms with Gasteiger partial charge in [0.25, 0.3) is 0 Å². The van der Waals surface area contributed by atoms with Gasteiger partial charge >= 0.3 is 0 Å². The lowest BCUT2D eigenvalue weighted by molar-refractivity contribution is 0.497. The fourth-order valence-corrected chi connectivity index (χ4v) is 0.609. The Morgan fingerprint density at radius 1 is 1.89 bits per heavy atom. The maximum absolute atomic E-state index is 8.74. The lowest BCUT2D eigenvalue weighted by atomic mass is 10.1.